The Labute approximate surface area is 108 Å². The molecule has 1 aromatic rings. The second-order valence-electron chi connectivity index (χ2n) is 3.78. The normalized spacial score (nSPS) is 14.1. The summed E-state index contributed by atoms with van der Waals surface area (Å²) < 4.78 is 5.71. The zero-order valence-corrected chi connectivity index (χ0v) is 11.2. The highest BCUT2D eigenvalue weighted by molar-refractivity contribution is 9.10. The molecule has 0 aliphatic heterocycles. The lowest BCUT2D eigenvalue weighted by Gasteiger charge is -2.33. The molecule has 0 radical (unpaired) electrons. The van der Waals surface area contributed by atoms with E-state index >= 15 is 0 Å². The van der Waals surface area contributed by atoms with E-state index in [1.165, 1.54) is 11.8 Å². The predicted octanol–water partition coefficient (Wildman–Crippen LogP) is 2.21. The third kappa shape index (κ3) is 2.52. The van der Waals surface area contributed by atoms with Gasteiger partial charge in [-0.1, -0.05) is 6.92 Å². The number of carbonyl (C=O) groups is 2. The van der Waals surface area contributed by atoms with Crippen LogP contribution < -0.4 is 0 Å². The molecular formula is C11H14BrNO4. The van der Waals surface area contributed by atoms with Crippen molar-refractivity contribution in [1.29, 1.82) is 0 Å². The van der Waals surface area contributed by atoms with E-state index in [0.29, 0.717) is 24.0 Å². The topological polar surface area (TPSA) is 70.8 Å². The molecule has 0 aliphatic rings. The van der Waals surface area contributed by atoms with Gasteiger partial charge in [0, 0.05) is 6.54 Å². The summed E-state index contributed by atoms with van der Waals surface area (Å²) in [4.78, 5) is 23.7. The van der Waals surface area contributed by atoms with Gasteiger partial charge in [-0.3, -0.25) is 4.79 Å². The van der Waals surface area contributed by atoms with Gasteiger partial charge in [0.05, 0.1) is 0 Å². The van der Waals surface area contributed by atoms with Crippen LogP contribution in [0.1, 0.15) is 26.0 Å². The number of amides is 1. The van der Waals surface area contributed by atoms with Crippen molar-refractivity contribution in [3.8, 4) is 0 Å². The summed E-state index contributed by atoms with van der Waals surface area (Å²) in [5.41, 5.74) is -1.48. The number of carboxylic acid groups (broad SMARTS) is 1. The van der Waals surface area contributed by atoms with Gasteiger partial charge in [-0.25, -0.2) is 4.79 Å². The Morgan fingerprint density at radius 2 is 2.29 bits per heavy atom. The predicted molar refractivity (Wildman–Crippen MR) is 64.5 cm³/mol. The van der Waals surface area contributed by atoms with Crippen LogP contribution in [0, 0.1) is 0 Å². The van der Waals surface area contributed by atoms with Crippen molar-refractivity contribution < 1.29 is 19.1 Å². The fourth-order valence-electron chi connectivity index (χ4n) is 1.57. The molecule has 1 unspecified atom stereocenters. The van der Waals surface area contributed by atoms with E-state index in [-0.39, 0.29) is 5.76 Å². The van der Waals surface area contributed by atoms with Crippen LogP contribution in [-0.2, 0) is 15.1 Å². The number of furan rings is 1. The highest BCUT2D eigenvalue weighted by atomic mass is 79.9. The molecule has 0 aromatic carbocycles. The Kier molecular flexibility index (Phi) is 4.34. The summed E-state index contributed by atoms with van der Waals surface area (Å²) in [6, 6.07) is 3.15. The summed E-state index contributed by atoms with van der Waals surface area (Å²) in [6.45, 7) is 3.67. The van der Waals surface area contributed by atoms with Gasteiger partial charge in [-0.15, -0.1) is 0 Å². The first-order valence-electron chi connectivity index (χ1n) is 5.18. The minimum Gasteiger partial charge on any atom is -0.479 e. The lowest BCUT2D eigenvalue weighted by molar-refractivity contribution is -0.156. The molecule has 1 aromatic heterocycles. The molecule has 1 rings (SSSR count). The molecule has 0 saturated heterocycles. The van der Waals surface area contributed by atoms with E-state index in [1.807, 2.05) is 6.92 Å². The van der Waals surface area contributed by atoms with Crippen LogP contribution in [0.5, 0.6) is 0 Å². The first kappa shape index (κ1) is 13.8. The molecule has 94 valence electrons. The van der Waals surface area contributed by atoms with Gasteiger partial charge >= 0.3 is 5.97 Å². The molecule has 6 heteroatoms. The van der Waals surface area contributed by atoms with E-state index in [1.54, 1.807) is 12.1 Å². The first-order chi connectivity index (χ1) is 7.96. The molecule has 0 saturated carbocycles. The van der Waals surface area contributed by atoms with Crippen molar-refractivity contribution in [2.45, 2.75) is 25.8 Å². The maximum absolute atomic E-state index is 11.4. The molecule has 0 aliphatic carbocycles. The SMILES string of the molecule is CCCN(C=O)C(C)(C(=O)O)c1ccc(Br)o1. The van der Waals surface area contributed by atoms with Crippen molar-refractivity contribution in [3.63, 3.8) is 0 Å². The Balaban J connectivity index is 3.21. The standard InChI is InChI=1S/C11H14BrNO4/c1-3-6-13(7-14)11(2,10(15)16)8-4-5-9(12)17-8/h4-5,7H,3,6H2,1-2H3,(H,15,16). The molecule has 5 nitrogen and oxygen atoms in total. The van der Waals surface area contributed by atoms with Gasteiger partial charge in [0.1, 0.15) is 5.76 Å². The summed E-state index contributed by atoms with van der Waals surface area (Å²) >= 11 is 3.12. The number of aliphatic carboxylic acids is 1. The average molecular weight is 304 g/mol. The van der Waals surface area contributed by atoms with E-state index in [9.17, 15) is 14.7 Å². The fourth-order valence-corrected chi connectivity index (χ4v) is 1.87. The van der Waals surface area contributed by atoms with Crippen LogP contribution in [0.25, 0.3) is 0 Å². The van der Waals surface area contributed by atoms with E-state index in [2.05, 4.69) is 15.9 Å². The molecule has 1 atom stereocenters. The number of carboxylic acids is 1. The Bertz CT molecular complexity index is 417. The first-order valence-corrected chi connectivity index (χ1v) is 5.97. The molecule has 0 bridgehead atoms. The third-order valence-corrected chi connectivity index (χ3v) is 3.06. The summed E-state index contributed by atoms with van der Waals surface area (Å²) in [5, 5.41) is 9.35. The van der Waals surface area contributed by atoms with Gasteiger partial charge < -0.3 is 14.4 Å². The van der Waals surface area contributed by atoms with Crippen molar-refractivity contribution in [2.24, 2.45) is 0 Å². The number of halogens is 1. The summed E-state index contributed by atoms with van der Waals surface area (Å²) in [7, 11) is 0. The number of hydrogen-bond donors (Lipinski definition) is 1. The smallest absolute Gasteiger partial charge is 0.337 e. The lowest BCUT2D eigenvalue weighted by atomic mass is 9.97. The minimum atomic E-state index is -1.48. The van der Waals surface area contributed by atoms with Crippen molar-refractivity contribution in [3.05, 3.63) is 22.6 Å². The van der Waals surface area contributed by atoms with Crippen molar-refractivity contribution in [1.82, 2.24) is 4.90 Å². The van der Waals surface area contributed by atoms with Gasteiger partial charge in [-0.05, 0) is 41.4 Å². The highest BCUT2D eigenvalue weighted by Crippen LogP contribution is 2.31. The maximum Gasteiger partial charge on any atom is 0.337 e. The second-order valence-corrected chi connectivity index (χ2v) is 4.56. The summed E-state index contributed by atoms with van der Waals surface area (Å²) in [5.74, 6) is -0.905. The van der Waals surface area contributed by atoms with Crippen LogP contribution in [0.3, 0.4) is 0 Å². The zero-order valence-electron chi connectivity index (χ0n) is 9.64. The van der Waals surface area contributed by atoms with Crippen molar-refractivity contribution >= 4 is 28.3 Å². The van der Waals surface area contributed by atoms with Gasteiger partial charge in [0.15, 0.2) is 10.2 Å². The largest absolute Gasteiger partial charge is 0.479 e. The van der Waals surface area contributed by atoms with E-state index in [4.69, 9.17) is 4.42 Å². The molecule has 0 spiro atoms. The Morgan fingerprint density at radius 1 is 1.65 bits per heavy atom. The Morgan fingerprint density at radius 3 is 2.65 bits per heavy atom. The molecule has 17 heavy (non-hydrogen) atoms. The lowest BCUT2D eigenvalue weighted by Crippen LogP contribution is -2.49. The summed E-state index contributed by atoms with van der Waals surface area (Å²) in [6.07, 6.45) is 1.21. The molecule has 1 heterocycles. The number of nitrogens with zero attached hydrogens (tertiary/aromatic N) is 1. The Hall–Kier alpha value is -1.30. The van der Waals surface area contributed by atoms with Gasteiger partial charge in [0.2, 0.25) is 6.41 Å². The van der Waals surface area contributed by atoms with Crippen LogP contribution >= 0.6 is 15.9 Å². The van der Waals surface area contributed by atoms with Crippen LogP contribution in [-0.4, -0.2) is 28.9 Å². The molecular weight excluding hydrogens is 290 g/mol. The van der Waals surface area contributed by atoms with Gasteiger partial charge in [0.25, 0.3) is 0 Å². The quantitative estimate of drug-likeness (QED) is 0.818. The van der Waals surface area contributed by atoms with Crippen LogP contribution in [0.15, 0.2) is 21.2 Å². The monoisotopic (exact) mass is 303 g/mol. The average Bonchev–Trinajstić information content (AvgIpc) is 2.71. The van der Waals surface area contributed by atoms with E-state index in [0.717, 1.165) is 0 Å². The molecule has 0 fully saturated rings. The fraction of sp³-hybridized carbons (Fsp3) is 0.455. The number of rotatable bonds is 6. The van der Waals surface area contributed by atoms with Gasteiger partial charge in [-0.2, -0.15) is 0 Å². The molecule has 1 N–H and O–H groups in total. The number of carbonyl (C=O) groups excluding carboxylic acids is 1. The van der Waals surface area contributed by atoms with Crippen LogP contribution in [0.4, 0.5) is 0 Å². The maximum atomic E-state index is 11.4. The minimum absolute atomic E-state index is 0.220. The number of hydrogen-bond acceptors (Lipinski definition) is 3. The van der Waals surface area contributed by atoms with Crippen LogP contribution in [0.2, 0.25) is 0 Å². The zero-order chi connectivity index (χ0) is 13.1. The van der Waals surface area contributed by atoms with E-state index < -0.39 is 11.5 Å². The molecule has 1 amide bonds. The van der Waals surface area contributed by atoms with Crippen molar-refractivity contribution in [2.75, 3.05) is 6.54 Å². The second kappa shape index (κ2) is 5.35. The third-order valence-electron chi connectivity index (χ3n) is 2.64. The highest BCUT2D eigenvalue weighted by Gasteiger charge is 2.43.